The van der Waals surface area contributed by atoms with Crippen LogP contribution in [0.15, 0.2) is 52.2 Å². The zero-order chi connectivity index (χ0) is 23.8. The number of esters is 1. The lowest BCUT2D eigenvalue weighted by Gasteiger charge is -2.13. The molecular formula is C23H26N4O5S. The molecule has 1 N–H and O–H groups in total. The van der Waals surface area contributed by atoms with Crippen LogP contribution in [0.5, 0.6) is 0 Å². The lowest BCUT2D eigenvalue weighted by atomic mass is 10.0. The summed E-state index contributed by atoms with van der Waals surface area (Å²) in [5.41, 5.74) is 1.47. The highest BCUT2D eigenvalue weighted by Gasteiger charge is 2.19. The van der Waals surface area contributed by atoms with Crippen LogP contribution in [0.25, 0.3) is 0 Å². The lowest BCUT2D eigenvalue weighted by Crippen LogP contribution is -2.23. The summed E-state index contributed by atoms with van der Waals surface area (Å²) in [5.74, 6) is 0.689. The number of carbonyl (C=O) groups excluding carboxylic acids is 3. The molecule has 0 saturated heterocycles. The Balaban J connectivity index is 1.69. The Labute approximate surface area is 195 Å². The zero-order valence-electron chi connectivity index (χ0n) is 18.7. The first-order chi connectivity index (χ1) is 15.9. The third kappa shape index (κ3) is 6.79. The van der Waals surface area contributed by atoms with Gasteiger partial charge in [0.2, 0.25) is 5.91 Å². The number of benzene rings is 1. The molecule has 3 aromatic rings. The van der Waals surface area contributed by atoms with Crippen LogP contribution in [0.2, 0.25) is 0 Å². The van der Waals surface area contributed by atoms with Crippen LogP contribution >= 0.6 is 11.8 Å². The SMILES string of the molecule is CCOC(=O)Cc1nnc(SCC(=O)c2ccc(C(C)NC(C)=O)cc2)n1Cc1ccco1. The first-order valence-electron chi connectivity index (χ1n) is 10.5. The van der Waals surface area contributed by atoms with Crippen molar-refractivity contribution in [3.05, 3.63) is 65.4 Å². The average molecular weight is 471 g/mol. The van der Waals surface area contributed by atoms with E-state index < -0.39 is 5.97 Å². The number of thioether (sulfide) groups is 1. The van der Waals surface area contributed by atoms with E-state index in [1.54, 1.807) is 36.0 Å². The fourth-order valence-electron chi connectivity index (χ4n) is 3.17. The highest BCUT2D eigenvalue weighted by Crippen LogP contribution is 2.22. The molecule has 33 heavy (non-hydrogen) atoms. The summed E-state index contributed by atoms with van der Waals surface area (Å²) in [4.78, 5) is 35.9. The number of furan rings is 1. The van der Waals surface area contributed by atoms with Gasteiger partial charge in [-0.2, -0.15) is 0 Å². The molecule has 2 aromatic heterocycles. The number of aromatic nitrogens is 3. The highest BCUT2D eigenvalue weighted by atomic mass is 32.2. The molecule has 174 valence electrons. The largest absolute Gasteiger partial charge is 0.467 e. The number of ether oxygens (including phenoxy) is 1. The van der Waals surface area contributed by atoms with E-state index in [4.69, 9.17) is 9.15 Å². The zero-order valence-corrected chi connectivity index (χ0v) is 19.6. The fourth-order valence-corrected chi connectivity index (χ4v) is 4.03. The van der Waals surface area contributed by atoms with Gasteiger partial charge in [-0.15, -0.1) is 10.2 Å². The van der Waals surface area contributed by atoms with E-state index in [9.17, 15) is 14.4 Å². The summed E-state index contributed by atoms with van der Waals surface area (Å²) in [6.07, 6.45) is 1.54. The Morgan fingerprint density at radius 3 is 2.58 bits per heavy atom. The lowest BCUT2D eigenvalue weighted by molar-refractivity contribution is -0.142. The predicted molar refractivity (Wildman–Crippen MR) is 122 cm³/mol. The van der Waals surface area contributed by atoms with Crippen molar-refractivity contribution in [2.24, 2.45) is 0 Å². The molecule has 10 heteroatoms. The third-order valence-electron chi connectivity index (χ3n) is 4.78. The molecule has 0 aliphatic rings. The van der Waals surface area contributed by atoms with Gasteiger partial charge in [0.15, 0.2) is 10.9 Å². The van der Waals surface area contributed by atoms with Crippen molar-refractivity contribution in [3.8, 4) is 0 Å². The van der Waals surface area contributed by atoms with Crippen molar-refractivity contribution < 1.29 is 23.5 Å². The number of nitrogens with zero attached hydrogens (tertiary/aromatic N) is 3. The van der Waals surface area contributed by atoms with E-state index in [-0.39, 0.29) is 36.5 Å². The van der Waals surface area contributed by atoms with Gasteiger partial charge in [-0.05, 0) is 31.5 Å². The maximum absolute atomic E-state index is 12.7. The molecule has 3 rings (SSSR count). The van der Waals surface area contributed by atoms with Crippen LogP contribution in [0.1, 0.15) is 54.3 Å². The van der Waals surface area contributed by atoms with Gasteiger partial charge in [0.05, 0.1) is 31.2 Å². The van der Waals surface area contributed by atoms with Crippen LogP contribution in [0.3, 0.4) is 0 Å². The van der Waals surface area contributed by atoms with Crippen molar-refractivity contribution in [1.29, 1.82) is 0 Å². The van der Waals surface area contributed by atoms with Crippen molar-refractivity contribution in [2.45, 2.75) is 44.9 Å². The van der Waals surface area contributed by atoms with Gasteiger partial charge in [-0.3, -0.25) is 19.0 Å². The number of hydrogen-bond donors (Lipinski definition) is 1. The Hall–Kier alpha value is -3.40. The average Bonchev–Trinajstić information content (AvgIpc) is 3.43. The highest BCUT2D eigenvalue weighted by molar-refractivity contribution is 7.99. The molecule has 9 nitrogen and oxygen atoms in total. The van der Waals surface area contributed by atoms with E-state index in [0.717, 1.165) is 5.56 Å². The second kappa shape index (κ2) is 11.5. The normalized spacial score (nSPS) is 11.7. The van der Waals surface area contributed by atoms with Gasteiger partial charge in [-0.25, -0.2) is 0 Å². The van der Waals surface area contributed by atoms with Crippen LogP contribution in [-0.4, -0.2) is 44.8 Å². The first kappa shape index (κ1) is 24.2. The molecule has 1 atom stereocenters. The van der Waals surface area contributed by atoms with Crippen LogP contribution in [0, 0.1) is 0 Å². The minimum absolute atomic E-state index is 0.0238. The number of hydrogen-bond acceptors (Lipinski definition) is 8. The molecule has 0 bridgehead atoms. The Morgan fingerprint density at radius 1 is 1.18 bits per heavy atom. The molecule has 1 unspecified atom stereocenters. The maximum atomic E-state index is 12.7. The summed E-state index contributed by atoms with van der Waals surface area (Å²) < 4.78 is 12.2. The number of carbonyl (C=O) groups is 3. The molecule has 0 aliphatic heterocycles. The number of amides is 1. The minimum Gasteiger partial charge on any atom is -0.467 e. The van der Waals surface area contributed by atoms with E-state index >= 15 is 0 Å². The molecule has 1 amide bonds. The number of Topliss-reactive ketones (excluding diaryl/α,β-unsaturated/α-hetero) is 1. The van der Waals surface area contributed by atoms with E-state index in [1.807, 2.05) is 25.1 Å². The summed E-state index contributed by atoms with van der Waals surface area (Å²) in [5, 5.41) is 11.6. The summed E-state index contributed by atoms with van der Waals surface area (Å²) in [6.45, 7) is 5.71. The second-order valence-corrected chi connectivity index (χ2v) is 8.24. The van der Waals surface area contributed by atoms with E-state index in [1.165, 1.54) is 18.7 Å². The third-order valence-corrected chi connectivity index (χ3v) is 5.75. The van der Waals surface area contributed by atoms with E-state index in [2.05, 4.69) is 15.5 Å². The molecule has 1 aromatic carbocycles. The molecule has 0 spiro atoms. The Morgan fingerprint density at radius 2 is 1.94 bits per heavy atom. The van der Waals surface area contributed by atoms with Gasteiger partial charge in [0.1, 0.15) is 18.0 Å². The number of nitrogens with one attached hydrogen (secondary N) is 1. The summed E-state index contributed by atoms with van der Waals surface area (Å²) >= 11 is 1.24. The van der Waals surface area contributed by atoms with Gasteiger partial charge in [0, 0.05) is 12.5 Å². The number of rotatable bonds is 11. The van der Waals surface area contributed by atoms with Gasteiger partial charge >= 0.3 is 5.97 Å². The maximum Gasteiger partial charge on any atom is 0.313 e. The Bertz CT molecular complexity index is 1090. The van der Waals surface area contributed by atoms with Gasteiger partial charge < -0.3 is 14.5 Å². The summed E-state index contributed by atoms with van der Waals surface area (Å²) in [6, 6.07) is 10.6. The van der Waals surface area contributed by atoms with E-state index in [0.29, 0.717) is 28.8 Å². The standard InChI is InChI=1S/C23H26N4O5S/c1-4-31-22(30)12-21-25-26-23(27(21)13-19-6-5-11-32-19)33-14-20(29)18-9-7-17(8-10-18)15(2)24-16(3)28/h5-11,15H,4,12-14H2,1-3H3,(H,24,28). The van der Waals surface area contributed by atoms with Crippen molar-refractivity contribution in [1.82, 2.24) is 20.1 Å². The van der Waals surface area contributed by atoms with Crippen LogP contribution < -0.4 is 5.32 Å². The quantitative estimate of drug-likeness (QED) is 0.258. The summed E-state index contributed by atoms with van der Waals surface area (Å²) in [7, 11) is 0. The minimum atomic E-state index is -0.396. The van der Waals surface area contributed by atoms with Crippen molar-refractivity contribution in [2.75, 3.05) is 12.4 Å². The molecule has 2 heterocycles. The molecule has 0 radical (unpaired) electrons. The van der Waals surface area contributed by atoms with Crippen LogP contribution in [0.4, 0.5) is 0 Å². The topological polar surface area (TPSA) is 116 Å². The van der Waals surface area contributed by atoms with Crippen LogP contribution in [-0.2, 0) is 27.3 Å². The smallest absolute Gasteiger partial charge is 0.313 e. The van der Waals surface area contributed by atoms with Crippen molar-refractivity contribution >= 4 is 29.4 Å². The first-order valence-corrected chi connectivity index (χ1v) is 11.5. The Kier molecular flexibility index (Phi) is 8.42. The fraction of sp³-hybridized carbons (Fsp3) is 0.348. The van der Waals surface area contributed by atoms with Gasteiger partial charge in [0.25, 0.3) is 0 Å². The van der Waals surface area contributed by atoms with Gasteiger partial charge in [-0.1, -0.05) is 36.0 Å². The molecule has 0 aliphatic carbocycles. The monoisotopic (exact) mass is 470 g/mol. The molecule has 0 fully saturated rings. The number of ketones is 1. The second-order valence-electron chi connectivity index (χ2n) is 7.30. The predicted octanol–water partition coefficient (Wildman–Crippen LogP) is 3.20. The van der Waals surface area contributed by atoms with Crippen molar-refractivity contribution in [3.63, 3.8) is 0 Å². The molecular weight excluding hydrogens is 444 g/mol. The molecule has 0 saturated carbocycles.